The number of ether oxygens (including phenoxy) is 1. The Morgan fingerprint density at radius 3 is 2.50 bits per heavy atom. The number of likely N-dealkylation sites (tertiary alicyclic amines) is 1. The number of benzene rings is 2. The summed E-state index contributed by atoms with van der Waals surface area (Å²) in [4.78, 5) is 31.4. The SMILES string of the molecule is C[C@@H]1[C@@H](C(C)(C)O)[C@H](CC(=O)N2CCC[C@H]2CO)O[C@@]12C(=O)N(Cc1ccc(I)cc1)c1ccc(I)cc12. The van der Waals surface area contributed by atoms with Crippen molar-refractivity contribution >= 4 is 62.7 Å². The van der Waals surface area contributed by atoms with Gasteiger partial charge in [-0.25, -0.2) is 0 Å². The first kappa shape index (κ1) is 28.3. The van der Waals surface area contributed by atoms with Crippen LogP contribution in [0.4, 0.5) is 5.69 Å². The third kappa shape index (κ3) is 4.80. The smallest absolute Gasteiger partial charge is 0.264 e. The average Bonchev–Trinajstić information content (AvgIpc) is 3.51. The van der Waals surface area contributed by atoms with Gasteiger partial charge in [-0.1, -0.05) is 19.1 Å². The van der Waals surface area contributed by atoms with E-state index < -0.39 is 23.2 Å². The van der Waals surface area contributed by atoms with Crippen LogP contribution < -0.4 is 4.90 Å². The zero-order chi connectivity index (χ0) is 27.4. The maximum Gasteiger partial charge on any atom is 0.264 e. The molecule has 0 radical (unpaired) electrons. The molecule has 5 atom stereocenters. The molecule has 2 N–H and O–H groups in total. The van der Waals surface area contributed by atoms with E-state index in [1.54, 1.807) is 23.6 Å². The van der Waals surface area contributed by atoms with Crippen LogP contribution in [0.2, 0.25) is 0 Å². The summed E-state index contributed by atoms with van der Waals surface area (Å²) in [6, 6.07) is 13.9. The van der Waals surface area contributed by atoms with Gasteiger partial charge in [-0.05, 0) is 108 Å². The molecule has 2 amide bonds. The molecule has 0 saturated carbocycles. The molecule has 2 aromatic carbocycles. The van der Waals surface area contributed by atoms with Gasteiger partial charge in [0, 0.05) is 31.1 Å². The normalized spacial score (nSPS) is 29.0. The number of amides is 2. The molecule has 204 valence electrons. The quantitative estimate of drug-likeness (QED) is 0.428. The lowest BCUT2D eigenvalue weighted by atomic mass is 9.71. The van der Waals surface area contributed by atoms with Crippen molar-refractivity contribution in [3.8, 4) is 0 Å². The molecule has 0 bridgehead atoms. The third-order valence-corrected chi connectivity index (χ3v) is 9.87. The molecular formula is C29H34I2N2O5. The Kier molecular flexibility index (Phi) is 7.89. The van der Waals surface area contributed by atoms with Crippen LogP contribution in [0.1, 0.15) is 51.2 Å². The van der Waals surface area contributed by atoms with Crippen LogP contribution in [0.3, 0.4) is 0 Å². The summed E-state index contributed by atoms with van der Waals surface area (Å²) in [5.41, 5.74) is 0.145. The van der Waals surface area contributed by atoms with Crippen molar-refractivity contribution < 1.29 is 24.5 Å². The lowest BCUT2D eigenvalue weighted by Gasteiger charge is -2.34. The Morgan fingerprint density at radius 2 is 1.84 bits per heavy atom. The predicted molar refractivity (Wildman–Crippen MR) is 161 cm³/mol. The molecule has 3 aliphatic heterocycles. The summed E-state index contributed by atoms with van der Waals surface area (Å²) in [5, 5.41) is 21.1. The van der Waals surface area contributed by atoms with Gasteiger partial charge in [-0.3, -0.25) is 9.59 Å². The highest BCUT2D eigenvalue weighted by Crippen LogP contribution is 2.58. The number of carbonyl (C=O) groups excluding carboxylic acids is 2. The van der Waals surface area contributed by atoms with Gasteiger partial charge in [-0.15, -0.1) is 0 Å². The molecule has 5 rings (SSSR count). The molecule has 3 heterocycles. The molecule has 1 spiro atoms. The van der Waals surface area contributed by atoms with E-state index in [2.05, 4.69) is 45.2 Å². The number of hydrogen-bond donors (Lipinski definition) is 2. The Morgan fingerprint density at radius 1 is 1.16 bits per heavy atom. The van der Waals surface area contributed by atoms with Gasteiger partial charge in [-0.2, -0.15) is 0 Å². The van der Waals surface area contributed by atoms with Gasteiger partial charge in [0.2, 0.25) is 5.91 Å². The second-order valence-electron chi connectivity index (χ2n) is 11.3. The standard InChI is InChI=1S/C29H34I2N2O5/c1-17-26(28(2,3)37)24(14-25(35)32-12-4-5-21(32)16-34)38-29(17)22-13-20(31)10-11-23(22)33(27(29)36)15-18-6-8-19(30)9-7-18/h6-11,13,17,21,24,26,34,37H,4-5,12,14-16H2,1-3H3/t17-,21+,24+,26-,29+/m1/s1. The van der Waals surface area contributed by atoms with Gasteiger partial charge in [0.25, 0.3) is 5.91 Å². The highest BCUT2D eigenvalue weighted by atomic mass is 127. The first-order valence-corrected chi connectivity index (χ1v) is 15.3. The number of hydrogen-bond acceptors (Lipinski definition) is 5. The van der Waals surface area contributed by atoms with Crippen LogP contribution in [-0.4, -0.2) is 57.8 Å². The number of anilines is 1. The topological polar surface area (TPSA) is 90.3 Å². The first-order chi connectivity index (χ1) is 18.0. The molecule has 9 heteroatoms. The van der Waals surface area contributed by atoms with E-state index >= 15 is 0 Å². The van der Waals surface area contributed by atoms with E-state index in [4.69, 9.17) is 4.74 Å². The Bertz CT molecular complexity index is 1230. The second kappa shape index (κ2) is 10.6. The minimum absolute atomic E-state index is 0.0565. The molecule has 2 fully saturated rings. The highest BCUT2D eigenvalue weighted by molar-refractivity contribution is 14.1. The van der Waals surface area contributed by atoms with Gasteiger partial charge in [0.15, 0.2) is 5.60 Å². The average molecular weight is 744 g/mol. The van der Waals surface area contributed by atoms with E-state index in [9.17, 15) is 19.8 Å². The number of halogens is 2. The van der Waals surface area contributed by atoms with E-state index in [0.717, 1.165) is 36.8 Å². The number of rotatable bonds is 6. The van der Waals surface area contributed by atoms with Crippen molar-refractivity contribution in [1.29, 1.82) is 0 Å². The summed E-state index contributed by atoms with van der Waals surface area (Å²) in [6.07, 6.45) is 1.04. The summed E-state index contributed by atoms with van der Waals surface area (Å²) in [6.45, 7) is 6.38. The van der Waals surface area contributed by atoms with Gasteiger partial charge in [0.05, 0.1) is 43.0 Å². The minimum Gasteiger partial charge on any atom is -0.394 e. The zero-order valence-electron chi connectivity index (χ0n) is 21.9. The number of fused-ring (bicyclic) bond motifs is 2. The van der Waals surface area contributed by atoms with E-state index in [-0.39, 0.29) is 36.8 Å². The molecule has 2 aromatic rings. The zero-order valence-corrected chi connectivity index (χ0v) is 26.2. The lowest BCUT2D eigenvalue weighted by molar-refractivity contribution is -0.150. The fraction of sp³-hybridized carbons (Fsp3) is 0.517. The molecule has 2 saturated heterocycles. The molecule has 3 aliphatic rings. The van der Waals surface area contributed by atoms with Crippen LogP contribution in [0.25, 0.3) is 0 Å². The third-order valence-electron chi connectivity index (χ3n) is 8.48. The van der Waals surface area contributed by atoms with E-state index in [1.165, 1.54) is 0 Å². The number of nitrogens with zero attached hydrogens (tertiary/aromatic N) is 2. The maximum atomic E-state index is 14.4. The fourth-order valence-electron chi connectivity index (χ4n) is 6.82. The Labute approximate surface area is 251 Å². The summed E-state index contributed by atoms with van der Waals surface area (Å²) < 4.78 is 8.89. The maximum absolute atomic E-state index is 14.4. The van der Waals surface area contributed by atoms with Gasteiger partial charge >= 0.3 is 0 Å². The Balaban J connectivity index is 1.53. The highest BCUT2D eigenvalue weighted by Gasteiger charge is 2.66. The van der Waals surface area contributed by atoms with Crippen LogP contribution >= 0.6 is 45.2 Å². The van der Waals surface area contributed by atoms with E-state index in [0.29, 0.717) is 13.1 Å². The summed E-state index contributed by atoms with van der Waals surface area (Å²) >= 11 is 4.52. The molecule has 38 heavy (non-hydrogen) atoms. The molecular weight excluding hydrogens is 710 g/mol. The van der Waals surface area contributed by atoms with Crippen LogP contribution in [0.5, 0.6) is 0 Å². The largest absolute Gasteiger partial charge is 0.394 e. The van der Waals surface area contributed by atoms with Crippen LogP contribution in [0.15, 0.2) is 42.5 Å². The molecule has 0 unspecified atom stereocenters. The van der Waals surface area contributed by atoms with Crippen molar-refractivity contribution in [2.45, 2.75) is 69.9 Å². The fourth-order valence-corrected chi connectivity index (χ4v) is 7.67. The van der Waals surface area contributed by atoms with Crippen molar-refractivity contribution in [2.75, 3.05) is 18.1 Å². The monoisotopic (exact) mass is 744 g/mol. The molecule has 0 aliphatic carbocycles. The van der Waals surface area contributed by atoms with Crippen LogP contribution in [-0.2, 0) is 26.5 Å². The Hall–Kier alpha value is -1.28. The van der Waals surface area contributed by atoms with Gasteiger partial charge < -0.3 is 24.7 Å². The lowest BCUT2D eigenvalue weighted by Crippen LogP contribution is -2.46. The molecule has 7 nitrogen and oxygen atoms in total. The number of aliphatic hydroxyl groups is 2. The number of carbonyl (C=O) groups is 2. The van der Waals surface area contributed by atoms with E-state index in [1.807, 2.05) is 49.4 Å². The summed E-state index contributed by atoms with van der Waals surface area (Å²) in [7, 11) is 0. The first-order valence-electron chi connectivity index (χ1n) is 13.1. The van der Waals surface area contributed by atoms with Crippen LogP contribution in [0, 0.1) is 19.0 Å². The summed E-state index contributed by atoms with van der Waals surface area (Å²) in [5.74, 6) is -1.08. The second-order valence-corrected chi connectivity index (χ2v) is 13.8. The predicted octanol–water partition coefficient (Wildman–Crippen LogP) is 4.43. The van der Waals surface area contributed by atoms with Crippen molar-refractivity contribution in [1.82, 2.24) is 4.90 Å². The van der Waals surface area contributed by atoms with Crippen molar-refractivity contribution in [2.24, 2.45) is 11.8 Å². The molecule has 0 aromatic heterocycles. The van der Waals surface area contributed by atoms with Crippen molar-refractivity contribution in [3.05, 3.63) is 60.7 Å². The number of aliphatic hydroxyl groups excluding tert-OH is 1. The van der Waals surface area contributed by atoms with Gasteiger partial charge in [0.1, 0.15) is 0 Å². The van der Waals surface area contributed by atoms with Crippen molar-refractivity contribution in [3.63, 3.8) is 0 Å². The minimum atomic E-state index is -1.29.